The molecule has 27 heavy (non-hydrogen) atoms. The largest absolute Gasteiger partial charge is 0.469 e. The van der Waals surface area contributed by atoms with E-state index in [0.29, 0.717) is 12.8 Å². The number of amides is 1. The quantitative estimate of drug-likeness (QED) is 0.523. The van der Waals surface area contributed by atoms with E-state index in [1.807, 2.05) is 30.3 Å². The fourth-order valence-electron chi connectivity index (χ4n) is 2.26. The van der Waals surface area contributed by atoms with Crippen molar-refractivity contribution in [2.24, 2.45) is 0 Å². The van der Waals surface area contributed by atoms with Gasteiger partial charge in [0, 0.05) is 18.9 Å². The lowest BCUT2D eigenvalue weighted by Gasteiger charge is -2.23. The van der Waals surface area contributed by atoms with Crippen LogP contribution >= 0.6 is 0 Å². The minimum absolute atomic E-state index is 0.120. The average molecular weight is 379 g/mol. The molecule has 1 atom stereocenters. The molecule has 1 amide bonds. The highest BCUT2D eigenvalue weighted by atomic mass is 16.6. The third-order valence-electron chi connectivity index (χ3n) is 3.59. The molecule has 0 aliphatic rings. The summed E-state index contributed by atoms with van der Waals surface area (Å²) in [5.41, 5.74) is 0.269. The standard InChI is InChI=1S/C20H29NO6/c1-20(2,3)27-19(24)21-16(10-12-17(22)25-4)11-13-18(23)26-14-15-8-6-5-7-9-15/h5-9,16H,10-14H2,1-4H3,(H,21,24)/t16-/m1/s1. The van der Waals surface area contributed by atoms with Crippen LogP contribution < -0.4 is 5.32 Å². The van der Waals surface area contributed by atoms with Crippen LogP contribution in [0, 0.1) is 0 Å². The summed E-state index contributed by atoms with van der Waals surface area (Å²) in [6, 6.07) is 8.98. The maximum absolute atomic E-state index is 12.0. The van der Waals surface area contributed by atoms with E-state index in [-0.39, 0.29) is 31.4 Å². The van der Waals surface area contributed by atoms with E-state index in [0.717, 1.165) is 5.56 Å². The molecule has 0 aromatic heterocycles. The van der Waals surface area contributed by atoms with Gasteiger partial charge in [-0.2, -0.15) is 0 Å². The van der Waals surface area contributed by atoms with Crippen LogP contribution in [0.4, 0.5) is 4.79 Å². The first-order chi connectivity index (χ1) is 12.7. The highest BCUT2D eigenvalue weighted by Crippen LogP contribution is 2.11. The van der Waals surface area contributed by atoms with E-state index in [2.05, 4.69) is 10.1 Å². The zero-order valence-corrected chi connectivity index (χ0v) is 16.4. The molecule has 1 rings (SSSR count). The van der Waals surface area contributed by atoms with Crippen molar-refractivity contribution in [2.45, 2.75) is 64.7 Å². The zero-order chi connectivity index (χ0) is 20.3. The molecule has 0 fully saturated rings. The Morgan fingerprint density at radius 3 is 2.15 bits per heavy atom. The van der Waals surface area contributed by atoms with E-state index in [1.54, 1.807) is 20.8 Å². The van der Waals surface area contributed by atoms with Gasteiger partial charge in [-0.3, -0.25) is 9.59 Å². The van der Waals surface area contributed by atoms with Crippen molar-refractivity contribution >= 4 is 18.0 Å². The molecule has 0 bridgehead atoms. The van der Waals surface area contributed by atoms with E-state index < -0.39 is 17.7 Å². The smallest absolute Gasteiger partial charge is 0.407 e. The van der Waals surface area contributed by atoms with Crippen molar-refractivity contribution in [3.8, 4) is 0 Å². The third kappa shape index (κ3) is 10.9. The third-order valence-corrected chi connectivity index (χ3v) is 3.59. The maximum atomic E-state index is 12.0. The van der Waals surface area contributed by atoms with E-state index in [1.165, 1.54) is 7.11 Å². The van der Waals surface area contributed by atoms with Crippen molar-refractivity contribution in [1.29, 1.82) is 0 Å². The molecule has 7 nitrogen and oxygen atoms in total. The number of methoxy groups -OCH3 is 1. The summed E-state index contributed by atoms with van der Waals surface area (Å²) in [5.74, 6) is -0.745. The van der Waals surface area contributed by atoms with Crippen LogP contribution in [-0.2, 0) is 30.4 Å². The number of rotatable bonds is 9. The normalized spacial score (nSPS) is 12.0. The van der Waals surface area contributed by atoms with Gasteiger partial charge >= 0.3 is 18.0 Å². The highest BCUT2D eigenvalue weighted by molar-refractivity contribution is 5.71. The predicted octanol–water partition coefficient (Wildman–Crippen LogP) is 3.36. The summed E-state index contributed by atoms with van der Waals surface area (Å²) in [6.07, 6.45) is 0.349. The summed E-state index contributed by atoms with van der Waals surface area (Å²) in [6.45, 7) is 5.48. The number of alkyl carbamates (subject to hydrolysis) is 1. The van der Waals surface area contributed by atoms with Crippen molar-refractivity contribution in [1.82, 2.24) is 5.32 Å². The van der Waals surface area contributed by atoms with Gasteiger partial charge in [0.2, 0.25) is 0 Å². The number of nitrogens with one attached hydrogen (secondary N) is 1. The molecule has 0 heterocycles. The number of carbonyl (C=O) groups is 3. The van der Waals surface area contributed by atoms with Gasteiger partial charge in [-0.15, -0.1) is 0 Å². The minimum atomic E-state index is -0.633. The Balaban J connectivity index is 2.49. The molecule has 7 heteroatoms. The van der Waals surface area contributed by atoms with Crippen LogP contribution in [0.3, 0.4) is 0 Å². The molecular formula is C20H29NO6. The van der Waals surface area contributed by atoms with Crippen molar-refractivity contribution in [3.63, 3.8) is 0 Å². The van der Waals surface area contributed by atoms with Crippen molar-refractivity contribution in [3.05, 3.63) is 35.9 Å². The second kappa shape index (κ2) is 11.2. The monoisotopic (exact) mass is 379 g/mol. The van der Waals surface area contributed by atoms with Gasteiger partial charge in [-0.1, -0.05) is 30.3 Å². The van der Waals surface area contributed by atoms with Crippen LogP contribution in [0.5, 0.6) is 0 Å². The van der Waals surface area contributed by atoms with Gasteiger partial charge in [-0.05, 0) is 39.2 Å². The van der Waals surface area contributed by atoms with Crippen LogP contribution in [0.1, 0.15) is 52.0 Å². The molecule has 0 radical (unpaired) electrons. The summed E-state index contributed by atoms with van der Waals surface area (Å²) >= 11 is 0. The fraction of sp³-hybridized carbons (Fsp3) is 0.550. The van der Waals surface area contributed by atoms with Crippen molar-refractivity contribution < 1.29 is 28.6 Å². The Labute approximate surface area is 160 Å². The molecule has 150 valence electrons. The number of ether oxygens (including phenoxy) is 3. The van der Waals surface area contributed by atoms with Gasteiger partial charge in [0.15, 0.2) is 0 Å². The molecule has 0 saturated heterocycles. The fourth-order valence-corrected chi connectivity index (χ4v) is 2.26. The topological polar surface area (TPSA) is 90.9 Å². The molecule has 0 spiro atoms. The summed E-state index contributed by atoms with van der Waals surface area (Å²) in [5, 5.41) is 2.71. The predicted molar refractivity (Wildman–Crippen MR) is 99.9 cm³/mol. The minimum Gasteiger partial charge on any atom is -0.469 e. The first kappa shape index (κ1) is 22.5. The SMILES string of the molecule is COC(=O)CC[C@H](CCC(=O)OCc1ccccc1)NC(=O)OC(C)(C)C. The van der Waals surface area contributed by atoms with Gasteiger partial charge in [0.05, 0.1) is 7.11 Å². The number of esters is 2. The van der Waals surface area contributed by atoms with Crippen LogP contribution in [0.15, 0.2) is 30.3 Å². The first-order valence-electron chi connectivity index (χ1n) is 8.95. The van der Waals surface area contributed by atoms with E-state index >= 15 is 0 Å². The second-order valence-corrected chi connectivity index (χ2v) is 7.14. The Morgan fingerprint density at radius 1 is 1.00 bits per heavy atom. The maximum Gasteiger partial charge on any atom is 0.407 e. The van der Waals surface area contributed by atoms with Gasteiger partial charge < -0.3 is 19.5 Å². The molecule has 0 aliphatic heterocycles. The molecule has 0 unspecified atom stereocenters. The Kier molecular flexibility index (Phi) is 9.33. The van der Waals surface area contributed by atoms with Crippen molar-refractivity contribution in [2.75, 3.05) is 7.11 Å². The van der Waals surface area contributed by atoms with E-state index in [4.69, 9.17) is 9.47 Å². The Morgan fingerprint density at radius 2 is 1.59 bits per heavy atom. The van der Waals surface area contributed by atoms with Crippen LogP contribution in [0.2, 0.25) is 0 Å². The molecule has 1 aromatic carbocycles. The van der Waals surface area contributed by atoms with Gasteiger partial charge in [-0.25, -0.2) is 4.79 Å². The highest BCUT2D eigenvalue weighted by Gasteiger charge is 2.21. The first-order valence-corrected chi connectivity index (χ1v) is 8.95. The summed E-state index contributed by atoms with van der Waals surface area (Å²) in [4.78, 5) is 35.3. The lowest BCUT2D eigenvalue weighted by atomic mass is 10.1. The number of hydrogen-bond donors (Lipinski definition) is 1. The van der Waals surface area contributed by atoms with Crippen LogP contribution in [0.25, 0.3) is 0 Å². The van der Waals surface area contributed by atoms with E-state index in [9.17, 15) is 14.4 Å². The number of benzene rings is 1. The van der Waals surface area contributed by atoms with Gasteiger partial charge in [0.1, 0.15) is 12.2 Å². The number of hydrogen-bond acceptors (Lipinski definition) is 6. The lowest BCUT2D eigenvalue weighted by molar-refractivity contribution is -0.145. The summed E-state index contributed by atoms with van der Waals surface area (Å²) in [7, 11) is 1.31. The number of carbonyl (C=O) groups excluding carboxylic acids is 3. The Bertz CT molecular complexity index is 609. The molecule has 1 aromatic rings. The molecule has 0 saturated carbocycles. The lowest BCUT2D eigenvalue weighted by Crippen LogP contribution is -2.39. The Hall–Kier alpha value is -2.57. The molecule has 1 N–H and O–H groups in total. The van der Waals surface area contributed by atoms with Crippen LogP contribution in [-0.4, -0.2) is 36.8 Å². The zero-order valence-electron chi connectivity index (χ0n) is 16.4. The second-order valence-electron chi connectivity index (χ2n) is 7.14. The molecule has 0 aliphatic carbocycles. The molecular weight excluding hydrogens is 350 g/mol. The summed E-state index contributed by atoms with van der Waals surface area (Å²) < 4.78 is 15.1. The average Bonchev–Trinajstić information content (AvgIpc) is 2.61. The van der Waals surface area contributed by atoms with Gasteiger partial charge in [0.25, 0.3) is 0 Å².